The predicted molar refractivity (Wildman–Crippen MR) is 90.5 cm³/mol. The fourth-order valence-electron chi connectivity index (χ4n) is 1.82. The molecule has 0 aliphatic rings. The second-order valence-electron chi connectivity index (χ2n) is 6.13. The van der Waals surface area contributed by atoms with Crippen molar-refractivity contribution in [3.63, 3.8) is 0 Å². The molecule has 0 aliphatic heterocycles. The van der Waals surface area contributed by atoms with Gasteiger partial charge in [0.1, 0.15) is 5.60 Å². The van der Waals surface area contributed by atoms with Gasteiger partial charge in [-0.3, -0.25) is 4.79 Å². The molecule has 0 fully saturated rings. The Hall–Kier alpha value is -2.73. The molecule has 0 bridgehead atoms. The first-order valence-corrected chi connectivity index (χ1v) is 7.66. The molecule has 0 radical (unpaired) electrons. The van der Waals surface area contributed by atoms with Crippen molar-refractivity contribution < 1.29 is 14.3 Å². The molecule has 0 saturated carbocycles. The Labute approximate surface area is 141 Å². The van der Waals surface area contributed by atoms with E-state index < -0.39 is 11.7 Å². The summed E-state index contributed by atoms with van der Waals surface area (Å²) < 4.78 is 5.11. The largest absolute Gasteiger partial charge is 0.444 e. The molecule has 130 valence electrons. The lowest BCUT2D eigenvalue weighted by molar-refractivity contribution is 0.0527. The van der Waals surface area contributed by atoms with Crippen molar-refractivity contribution in [1.29, 1.82) is 0 Å². The van der Waals surface area contributed by atoms with E-state index in [1.54, 1.807) is 45.0 Å². The van der Waals surface area contributed by atoms with Crippen LogP contribution in [0.4, 0.5) is 4.79 Å². The van der Waals surface area contributed by atoms with Crippen LogP contribution in [0.1, 0.15) is 43.1 Å². The van der Waals surface area contributed by atoms with Crippen molar-refractivity contribution in [3.8, 4) is 0 Å². The van der Waals surface area contributed by atoms with E-state index in [2.05, 4.69) is 20.7 Å². The van der Waals surface area contributed by atoms with Gasteiger partial charge in [0.15, 0.2) is 0 Å². The molecule has 1 aromatic carbocycles. The van der Waals surface area contributed by atoms with Crippen molar-refractivity contribution in [2.45, 2.75) is 39.3 Å². The molecule has 8 heteroatoms. The van der Waals surface area contributed by atoms with Gasteiger partial charge in [-0.15, -0.1) is 0 Å². The zero-order valence-electron chi connectivity index (χ0n) is 14.2. The second-order valence-corrected chi connectivity index (χ2v) is 6.13. The fraction of sp³-hybridized carbons (Fsp3) is 0.500. The molecule has 2 amide bonds. The predicted octanol–water partition coefficient (Wildman–Crippen LogP) is 3.14. The number of azide groups is 1. The van der Waals surface area contributed by atoms with Crippen LogP contribution in [0.3, 0.4) is 0 Å². The topological polar surface area (TPSA) is 116 Å². The van der Waals surface area contributed by atoms with Gasteiger partial charge in [0.2, 0.25) is 0 Å². The molecule has 1 aromatic rings. The lowest BCUT2D eigenvalue weighted by atomic mass is 10.1. The van der Waals surface area contributed by atoms with Gasteiger partial charge in [-0.25, -0.2) is 4.79 Å². The van der Waals surface area contributed by atoms with E-state index in [0.29, 0.717) is 25.1 Å². The average Bonchev–Trinajstić information content (AvgIpc) is 2.51. The van der Waals surface area contributed by atoms with Crippen LogP contribution in [0, 0.1) is 0 Å². The SMILES string of the molecule is CC(C)(C)OC(=O)NCCCNC(=O)c1cccc(CN=[N+]=[N-])c1. The molecule has 0 atom stereocenters. The minimum absolute atomic E-state index is 0.206. The normalized spacial score (nSPS) is 10.5. The standard InChI is InChI=1S/C16H23N5O3/c1-16(2,3)24-15(23)19-9-5-8-18-14(22)13-7-4-6-12(10-13)11-20-21-17/h4,6-7,10H,5,8-9,11H2,1-3H3,(H,18,22)(H,19,23). The van der Waals surface area contributed by atoms with Gasteiger partial charge >= 0.3 is 6.09 Å². The number of amides is 2. The van der Waals surface area contributed by atoms with Crippen molar-refractivity contribution >= 4 is 12.0 Å². The molecular weight excluding hydrogens is 310 g/mol. The van der Waals surface area contributed by atoms with Crippen LogP contribution >= 0.6 is 0 Å². The van der Waals surface area contributed by atoms with E-state index in [9.17, 15) is 9.59 Å². The van der Waals surface area contributed by atoms with Crippen LogP contribution in [0.5, 0.6) is 0 Å². The number of carbonyl (C=O) groups is 2. The van der Waals surface area contributed by atoms with Gasteiger partial charge in [-0.1, -0.05) is 17.2 Å². The zero-order chi connectivity index (χ0) is 18.0. The molecule has 0 saturated heterocycles. The molecule has 24 heavy (non-hydrogen) atoms. The lowest BCUT2D eigenvalue weighted by Gasteiger charge is -2.19. The Kier molecular flexibility index (Phi) is 7.58. The highest BCUT2D eigenvalue weighted by molar-refractivity contribution is 5.94. The van der Waals surface area contributed by atoms with E-state index in [0.717, 1.165) is 5.56 Å². The Bertz CT molecular complexity index is 618. The monoisotopic (exact) mass is 333 g/mol. The van der Waals surface area contributed by atoms with E-state index in [4.69, 9.17) is 10.3 Å². The Balaban J connectivity index is 2.31. The second kappa shape index (κ2) is 9.42. The molecule has 0 unspecified atom stereocenters. The Morgan fingerprint density at radius 2 is 1.96 bits per heavy atom. The molecule has 0 aliphatic carbocycles. The van der Waals surface area contributed by atoms with Gasteiger partial charge in [0.25, 0.3) is 5.91 Å². The summed E-state index contributed by atoms with van der Waals surface area (Å²) >= 11 is 0. The number of hydrogen-bond donors (Lipinski definition) is 2. The maximum atomic E-state index is 12.0. The summed E-state index contributed by atoms with van der Waals surface area (Å²) in [5.41, 5.74) is 9.06. The smallest absolute Gasteiger partial charge is 0.407 e. The van der Waals surface area contributed by atoms with E-state index >= 15 is 0 Å². The fourth-order valence-corrected chi connectivity index (χ4v) is 1.82. The van der Waals surface area contributed by atoms with Gasteiger partial charge in [0, 0.05) is 23.6 Å². The molecule has 8 nitrogen and oxygen atoms in total. The highest BCUT2D eigenvalue weighted by atomic mass is 16.6. The first kappa shape index (κ1) is 19.3. The van der Waals surface area contributed by atoms with Crippen LogP contribution in [0.15, 0.2) is 29.4 Å². The first-order valence-electron chi connectivity index (χ1n) is 7.66. The summed E-state index contributed by atoms with van der Waals surface area (Å²) in [5, 5.41) is 8.86. The summed E-state index contributed by atoms with van der Waals surface area (Å²) in [5.74, 6) is -0.213. The highest BCUT2D eigenvalue weighted by Gasteiger charge is 2.15. The summed E-state index contributed by atoms with van der Waals surface area (Å²) in [6, 6.07) is 6.90. The van der Waals surface area contributed by atoms with E-state index in [-0.39, 0.29) is 12.5 Å². The maximum absolute atomic E-state index is 12.0. The molecular formula is C16H23N5O3. The zero-order valence-corrected chi connectivity index (χ0v) is 14.2. The number of alkyl carbamates (subject to hydrolysis) is 1. The van der Waals surface area contributed by atoms with Gasteiger partial charge < -0.3 is 15.4 Å². The number of nitrogens with one attached hydrogen (secondary N) is 2. The summed E-state index contributed by atoms with van der Waals surface area (Å²) in [6.07, 6.45) is 0.114. The lowest BCUT2D eigenvalue weighted by Crippen LogP contribution is -2.34. The molecule has 0 heterocycles. The third-order valence-electron chi connectivity index (χ3n) is 2.81. The van der Waals surface area contributed by atoms with Crippen molar-refractivity contribution in [1.82, 2.24) is 10.6 Å². The van der Waals surface area contributed by atoms with Crippen LogP contribution in [-0.2, 0) is 11.3 Å². The Morgan fingerprint density at radius 1 is 1.25 bits per heavy atom. The maximum Gasteiger partial charge on any atom is 0.407 e. The third-order valence-corrected chi connectivity index (χ3v) is 2.81. The van der Waals surface area contributed by atoms with E-state index in [1.165, 1.54) is 0 Å². The first-order chi connectivity index (χ1) is 11.3. The summed E-state index contributed by atoms with van der Waals surface area (Å²) in [6.45, 7) is 6.42. The number of nitrogens with zero attached hydrogens (tertiary/aromatic N) is 3. The number of ether oxygens (including phenoxy) is 1. The van der Waals surface area contributed by atoms with Crippen molar-refractivity contribution in [3.05, 3.63) is 45.8 Å². The molecule has 0 aromatic heterocycles. The molecule has 0 spiro atoms. The molecule has 2 N–H and O–H groups in total. The van der Waals surface area contributed by atoms with Crippen LogP contribution < -0.4 is 10.6 Å². The number of carbonyl (C=O) groups excluding carboxylic acids is 2. The molecule has 1 rings (SSSR count). The summed E-state index contributed by atoms with van der Waals surface area (Å²) in [7, 11) is 0. The number of rotatable bonds is 7. The Morgan fingerprint density at radius 3 is 2.62 bits per heavy atom. The minimum atomic E-state index is -0.529. The van der Waals surface area contributed by atoms with Crippen LogP contribution in [-0.4, -0.2) is 30.7 Å². The van der Waals surface area contributed by atoms with Crippen LogP contribution in [0.25, 0.3) is 10.4 Å². The van der Waals surface area contributed by atoms with Gasteiger partial charge in [-0.2, -0.15) is 0 Å². The van der Waals surface area contributed by atoms with Gasteiger partial charge in [0.05, 0.1) is 6.54 Å². The summed E-state index contributed by atoms with van der Waals surface area (Å²) in [4.78, 5) is 26.2. The minimum Gasteiger partial charge on any atom is -0.444 e. The van der Waals surface area contributed by atoms with E-state index in [1.807, 2.05) is 0 Å². The average molecular weight is 333 g/mol. The quantitative estimate of drug-likeness (QED) is 0.345. The van der Waals surface area contributed by atoms with Crippen LogP contribution in [0.2, 0.25) is 0 Å². The van der Waals surface area contributed by atoms with Crippen molar-refractivity contribution in [2.75, 3.05) is 13.1 Å². The highest BCUT2D eigenvalue weighted by Crippen LogP contribution is 2.07. The van der Waals surface area contributed by atoms with Gasteiger partial charge in [-0.05, 0) is 50.4 Å². The third kappa shape index (κ3) is 8.05. The number of hydrogen-bond acceptors (Lipinski definition) is 4. The van der Waals surface area contributed by atoms with Crippen molar-refractivity contribution in [2.24, 2.45) is 5.11 Å². The number of benzene rings is 1.